The molecule has 0 bridgehead atoms. The molecule has 12 radical (unpaired) electrons. The Labute approximate surface area is 531 Å². The number of aliphatic hydroxyl groups is 2. The molecule has 2 aromatic rings. The fourth-order valence-electron chi connectivity index (χ4n) is 18.3. The number of carbonyl (C=O) groups is 2. The summed E-state index contributed by atoms with van der Waals surface area (Å²) in [6.45, 7) is 19.4. The molecule has 1 heterocycles. The van der Waals surface area contributed by atoms with Gasteiger partial charge in [0.05, 0.1) is 18.3 Å². The average Bonchev–Trinajstić information content (AvgIpc) is 3.13. The van der Waals surface area contributed by atoms with E-state index in [1.54, 1.807) is 14.2 Å². The van der Waals surface area contributed by atoms with E-state index in [1.807, 2.05) is 26.0 Å². The van der Waals surface area contributed by atoms with Gasteiger partial charge in [-0.2, -0.15) is 35.4 Å². The minimum absolute atomic E-state index is 0. The van der Waals surface area contributed by atoms with Crippen molar-refractivity contribution in [2.45, 2.75) is 202 Å². The summed E-state index contributed by atoms with van der Waals surface area (Å²) >= 11 is 0. The molecule has 19 heteroatoms. The summed E-state index contributed by atoms with van der Waals surface area (Å²) in [5, 5.41) is 22.6. The van der Waals surface area contributed by atoms with E-state index in [9.17, 15) is 19.8 Å². The second-order valence-electron chi connectivity index (χ2n) is 28.0. The van der Waals surface area contributed by atoms with Gasteiger partial charge >= 0.3 is 23.1 Å². The van der Waals surface area contributed by atoms with Gasteiger partial charge in [0.25, 0.3) is 0 Å². The minimum atomic E-state index is -0.667. The summed E-state index contributed by atoms with van der Waals surface area (Å²) < 4.78 is 4.94. The number of ketones is 1. The molecule has 11 rings (SSSR count). The Kier molecular flexibility index (Phi) is 28.3. The monoisotopic (exact) mass is 1130 g/mol. The summed E-state index contributed by atoms with van der Waals surface area (Å²) in [6, 6.07) is 15.3. The molecule has 430 valence electrons. The van der Waals surface area contributed by atoms with Crippen molar-refractivity contribution in [1.29, 1.82) is 0 Å². The van der Waals surface area contributed by atoms with Crippen molar-refractivity contribution in [3.8, 4) is 0 Å². The van der Waals surface area contributed by atoms with Crippen LogP contribution in [0.5, 0.6) is 0 Å². The average molecular weight is 1130 g/mol. The van der Waals surface area contributed by atoms with Crippen molar-refractivity contribution in [1.82, 2.24) is 5.06 Å². The molecule has 1 amide bonds. The van der Waals surface area contributed by atoms with E-state index in [4.69, 9.17) is 56.0 Å². The zero-order valence-corrected chi connectivity index (χ0v) is 54.0. The van der Waals surface area contributed by atoms with Crippen LogP contribution in [0.2, 0.25) is 0 Å². The quantitative estimate of drug-likeness (QED) is 0.136. The zero-order chi connectivity index (χ0) is 57.8. The van der Waals surface area contributed by atoms with Crippen LogP contribution in [0.1, 0.15) is 196 Å². The second kappa shape index (κ2) is 31.5. The second-order valence-corrected chi connectivity index (χ2v) is 28.0. The number of halogens is 1. The molecule has 16 atom stereocenters. The number of hydrogen-bond donors (Lipinski definition) is 2. The summed E-state index contributed by atoms with van der Waals surface area (Å²) in [7, 11) is 35.1. The fraction of sp³-hybridized carbons (Fsp3) is 0.778. The van der Waals surface area contributed by atoms with Gasteiger partial charge in [-0.15, -0.1) is 0 Å². The van der Waals surface area contributed by atoms with E-state index in [0.29, 0.717) is 11.7 Å². The number of Topliss-reactive ketones (excluding diaryl/α,β-unsaturated/α-hetero) is 1. The van der Waals surface area contributed by atoms with E-state index in [0.717, 1.165) is 111 Å². The molecule has 2 aromatic carbocycles. The van der Waals surface area contributed by atoms with Gasteiger partial charge in [-0.1, -0.05) is 47.3 Å². The van der Waals surface area contributed by atoms with Crippen LogP contribution < -0.4 is 12.4 Å². The normalized spacial score (nSPS) is 36.0. The first-order valence-electron chi connectivity index (χ1n) is 31.2. The molecule has 0 aromatic heterocycles. The van der Waals surface area contributed by atoms with Gasteiger partial charge in [-0.25, -0.2) is 5.06 Å². The third kappa shape index (κ3) is 17.1. The Morgan fingerprint density at radius 3 is 1.45 bits per heavy atom. The Balaban J connectivity index is 0.000000250. The van der Waals surface area contributed by atoms with Crippen molar-refractivity contribution in [3.05, 3.63) is 70.3 Å². The number of benzene rings is 2. The molecule has 9 fully saturated rings. The molecule has 82 heavy (non-hydrogen) atoms. The van der Waals surface area contributed by atoms with Crippen LogP contribution in [0.3, 0.4) is 0 Å². The molecular weight excluding hydrogens is 1030 g/mol. The summed E-state index contributed by atoms with van der Waals surface area (Å²) in [5.74, 6) is 8.71. The van der Waals surface area contributed by atoms with Crippen LogP contribution in [0.15, 0.2) is 36.4 Å². The number of hydrogen-bond acceptors (Lipinski definition) is 6. The van der Waals surface area contributed by atoms with Crippen molar-refractivity contribution < 1.29 is 41.8 Å². The van der Waals surface area contributed by atoms with Crippen molar-refractivity contribution in [2.75, 3.05) is 27.4 Å². The van der Waals surface area contributed by atoms with Crippen LogP contribution in [-0.4, -0.2) is 161 Å². The predicted molar refractivity (Wildman–Crippen MR) is 347 cm³/mol. The molecule has 7 nitrogen and oxygen atoms in total. The number of carbonyl (C=O) groups excluding carboxylic acids is 2. The smallest absolute Gasteiger partial charge is 1.00 e. The Morgan fingerprint density at radius 1 is 0.610 bits per heavy atom. The number of nitrogens with zero attached hydrogens (tertiary/aromatic N) is 1. The predicted octanol–water partition coefficient (Wildman–Crippen LogP) is 6.88. The standard InChI is InChI=1S/C28H40O2.C22H37NO3.C8H9.C4H8O.CH4.B10.ClH.Mg/c1-17-5-6-19(15-18(17)2)26(29)25-10-9-24-23-8-7-20-16-27(3,30)13-11-21(20)22(23)12-14-28(24,25)4;1-21(25)11-9-15-14(13-21)5-6-17-16(15)10-12-22(2)18(17)7-8-19(22)20(24)23(3)26-4;1-7-5-3-4-6-8(7)2;1-2-4-5-3-1;;1-7(2)10(8(3)4)9(5)6;;/h5-6,15,20-25,30H,7-14,16H2,1-4H3;14-19,25H,5-13H2,1-4H3;3,5-6H,1-2H3;1-4H2;1H4;;1H;/q;;-1;;;;;+2/p-1/t20-,21-,22+,23+,24-,25+,27+,28-;14-,15-,16+,17+,18-,19+,21+,22-;;;;;;/m00....../s1. The number of rotatable bonds is 7. The van der Waals surface area contributed by atoms with E-state index in [-0.39, 0.29) is 71.5 Å². The van der Waals surface area contributed by atoms with Crippen LogP contribution in [0.4, 0.5) is 0 Å². The molecule has 0 unspecified atom stereocenters. The maximum Gasteiger partial charge on any atom is 2.00 e. The van der Waals surface area contributed by atoms with E-state index < -0.39 is 36.7 Å². The van der Waals surface area contributed by atoms with Gasteiger partial charge in [0.1, 0.15) is 0 Å². The van der Waals surface area contributed by atoms with Gasteiger partial charge in [0.15, 0.2) is 5.78 Å². The van der Waals surface area contributed by atoms with Gasteiger partial charge in [-0.3, -0.25) is 14.4 Å². The van der Waals surface area contributed by atoms with E-state index in [1.165, 1.54) is 117 Å². The minimum Gasteiger partial charge on any atom is -1.00 e. The summed E-state index contributed by atoms with van der Waals surface area (Å²) in [5.41, 5.74) is 5.55. The summed E-state index contributed by atoms with van der Waals surface area (Å²) in [4.78, 5) is 31.7. The topological polar surface area (TPSA) is 96.3 Å². The van der Waals surface area contributed by atoms with E-state index >= 15 is 0 Å². The molecule has 1 saturated heterocycles. The molecule has 8 aliphatic carbocycles. The van der Waals surface area contributed by atoms with Crippen LogP contribution in [-0.2, 0) is 14.4 Å². The van der Waals surface area contributed by atoms with Gasteiger partial charge in [-0.05, 0) is 243 Å². The van der Waals surface area contributed by atoms with E-state index in [2.05, 4.69) is 71.9 Å². The van der Waals surface area contributed by atoms with Crippen molar-refractivity contribution in [3.63, 3.8) is 0 Å². The van der Waals surface area contributed by atoms with Crippen LogP contribution in [0.25, 0.3) is 0 Å². The molecule has 0 spiro atoms. The first-order chi connectivity index (χ1) is 37.2. The van der Waals surface area contributed by atoms with Gasteiger partial charge in [0.2, 0.25) is 5.91 Å². The summed E-state index contributed by atoms with van der Waals surface area (Å²) in [6.07, 6.45) is 21.3. The fourth-order valence-corrected chi connectivity index (χ4v) is 18.3. The first-order valence-corrected chi connectivity index (χ1v) is 31.2. The molecular formula is C63H98B10ClMgNO6. The third-order valence-electron chi connectivity index (χ3n) is 23.0. The number of amides is 1. The molecule has 1 aliphatic heterocycles. The zero-order valence-electron chi connectivity index (χ0n) is 51.8. The van der Waals surface area contributed by atoms with Crippen molar-refractivity contribution >= 4 is 107 Å². The van der Waals surface area contributed by atoms with Crippen LogP contribution in [0, 0.1) is 116 Å². The largest absolute Gasteiger partial charge is 2.00 e. The molecule has 2 N–H and O–H groups in total. The number of hydroxylamine groups is 2. The number of ether oxygens (including phenoxy) is 1. The SMILES string of the molecule is C.C1CCOC1.CON(C)C(=O)[C@H]1CC[C@H]2[C@@H]3CC[C@H]4C[C@](C)(O)CC[C@@H]4[C@H]3CC[C@]12C.Cc1c[c-]ccc1C.Cc1ccc(C(=O)[C@H]2CC[C@H]3[C@@H]4CC[C@H]5C[C@](C)(O)CC[C@@H]5[C@H]4CC[C@]23C)cc1C.[B]B([B])B(B([B])[B])B([B])[B].[Cl-].[Mg+2]. The maximum atomic E-state index is 13.6. The third-order valence-corrected chi connectivity index (χ3v) is 23.0. The Bertz CT molecular complexity index is 2290. The molecule has 8 saturated carbocycles. The Hall–Kier alpha value is -0.874. The first kappa shape index (κ1) is 73.6. The Morgan fingerprint density at radius 2 is 1.06 bits per heavy atom. The maximum absolute atomic E-state index is 13.6. The van der Waals surface area contributed by atoms with Crippen LogP contribution >= 0.6 is 0 Å². The van der Waals surface area contributed by atoms with Crippen molar-refractivity contribution in [2.24, 2.45) is 81.8 Å². The molecule has 9 aliphatic rings. The number of aryl methyl sites for hydroxylation is 4. The van der Waals surface area contributed by atoms with Gasteiger partial charge in [0, 0.05) is 110 Å². The number of fused-ring (bicyclic) bond motifs is 10. The van der Waals surface area contributed by atoms with Gasteiger partial charge < -0.3 is 27.4 Å².